The SMILES string of the molecule is CCCCCCOc1ccnc(C(=O)O)c1. The molecule has 88 valence electrons. The Morgan fingerprint density at radius 2 is 2.25 bits per heavy atom. The average Bonchev–Trinajstić information content (AvgIpc) is 2.29. The normalized spacial score (nSPS) is 10.1. The number of carboxylic acids is 1. The lowest BCUT2D eigenvalue weighted by molar-refractivity contribution is 0.0690. The first-order chi connectivity index (χ1) is 7.74. The molecule has 0 amide bonds. The van der Waals surface area contributed by atoms with E-state index in [1.54, 1.807) is 6.07 Å². The number of aromatic nitrogens is 1. The number of aromatic carboxylic acids is 1. The van der Waals surface area contributed by atoms with Gasteiger partial charge in [-0.15, -0.1) is 0 Å². The summed E-state index contributed by atoms with van der Waals surface area (Å²) in [5.41, 5.74) is 0.0195. The average molecular weight is 223 g/mol. The lowest BCUT2D eigenvalue weighted by Crippen LogP contribution is -2.02. The molecule has 0 unspecified atom stereocenters. The van der Waals surface area contributed by atoms with Gasteiger partial charge in [0.2, 0.25) is 0 Å². The zero-order valence-corrected chi connectivity index (χ0v) is 9.48. The summed E-state index contributed by atoms with van der Waals surface area (Å²) in [7, 11) is 0. The van der Waals surface area contributed by atoms with Crippen LogP contribution in [-0.2, 0) is 0 Å². The van der Waals surface area contributed by atoms with Gasteiger partial charge < -0.3 is 9.84 Å². The maximum absolute atomic E-state index is 10.7. The highest BCUT2D eigenvalue weighted by molar-refractivity contribution is 5.85. The van der Waals surface area contributed by atoms with Crippen LogP contribution in [0.4, 0.5) is 0 Å². The van der Waals surface area contributed by atoms with Gasteiger partial charge >= 0.3 is 5.97 Å². The predicted octanol–water partition coefficient (Wildman–Crippen LogP) is 2.74. The minimum atomic E-state index is -1.03. The Morgan fingerprint density at radius 3 is 2.94 bits per heavy atom. The van der Waals surface area contributed by atoms with Crippen LogP contribution in [0.2, 0.25) is 0 Å². The Hall–Kier alpha value is -1.58. The number of carboxylic acid groups (broad SMARTS) is 1. The first-order valence-corrected chi connectivity index (χ1v) is 5.56. The summed E-state index contributed by atoms with van der Waals surface area (Å²) in [6.45, 7) is 2.78. The number of unbranched alkanes of at least 4 members (excludes halogenated alkanes) is 3. The van der Waals surface area contributed by atoms with Crippen molar-refractivity contribution in [1.82, 2.24) is 4.98 Å². The van der Waals surface area contributed by atoms with Crippen molar-refractivity contribution < 1.29 is 14.6 Å². The van der Waals surface area contributed by atoms with E-state index in [2.05, 4.69) is 11.9 Å². The third kappa shape index (κ3) is 4.29. The molecular weight excluding hydrogens is 206 g/mol. The Balaban J connectivity index is 2.36. The fourth-order valence-corrected chi connectivity index (χ4v) is 1.34. The fourth-order valence-electron chi connectivity index (χ4n) is 1.34. The van der Waals surface area contributed by atoms with Crippen molar-refractivity contribution in [2.45, 2.75) is 32.6 Å². The number of nitrogens with zero attached hydrogens (tertiary/aromatic N) is 1. The number of pyridine rings is 1. The van der Waals surface area contributed by atoms with Crippen molar-refractivity contribution in [3.05, 3.63) is 24.0 Å². The van der Waals surface area contributed by atoms with E-state index < -0.39 is 5.97 Å². The number of hydrogen-bond donors (Lipinski definition) is 1. The van der Waals surface area contributed by atoms with Crippen molar-refractivity contribution in [2.24, 2.45) is 0 Å². The van der Waals surface area contributed by atoms with Crippen LogP contribution in [0, 0.1) is 0 Å². The molecule has 4 heteroatoms. The van der Waals surface area contributed by atoms with Gasteiger partial charge in [0.25, 0.3) is 0 Å². The molecule has 4 nitrogen and oxygen atoms in total. The summed E-state index contributed by atoms with van der Waals surface area (Å²) in [6.07, 6.45) is 6.00. The molecule has 0 saturated carbocycles. The van der Waals surface area contributed by atoms with E-state index in [0.717, 1.165) is 12.8 Å². The summed E-state index contributed by atoms with van der Waals surface area (Å²) in [6, 6.07) is 3.12. The molecule has 1 rings (SSSR count). The number of rotatable bonds is 7. The van der Waals surface area contributed by atoms with E-state index in [4.69, 9.17) is 9.84 Å². The van der Waals surface area contributed by atoms with Crippen LogP contribution >= 0.6 is 0 Å². The third-order valence-corrected chi connectivity index (χ3v) is 2.22. The molecule has 0 fully saturated rings. The Bertz CT molecular complexity index is 339. The van der Waals surface area contributed by atoms with Crippen molar-refractivity contribution >= 4 is 5.97 Å². The molecule has 0 aliphatic heterocycles. The maximum Gasteiger partial charge on any atom is 0.354 e. The van der Waals surface area contributed by atoms with Crippen molar-refractivity contribution in [3.8, 4) is 5.75 Å². The first kappa shape index (κ1) is 12.5. The second-order valence-corrected chi connectivity index (χ2v) is 3.59. The van der Waals surface area contributed by atoms with Gasteiger partial charge in [0.05, 0.1) is 6.61 Å². The van der Waals surface area contributed by atoms with Gasteiger partial charge in [0, 0.05) is 12.3 Å². The summed E-state index contributed by atoms with van der Waals surface area (Å²) in [5.74, 6) is -0.458. The second-order valence-electron chi connectivity index (χ2n) is 3.59. The topological polar surface area (TPSA) is 59.4 Å². The van der Waals surface area contributed by atoms with E-state index in [0.29, 0.717) is 12.4 Å². The predicted molar refractivity (Wildman–Crippen MR) is 60.8 cm³/mol. The largest absolute Gasteiger partial charge is 0.493 e. The molecule has 0 bridgehead atoms. The standard InChI is InChI=1S/C12H17NO3/c1-2-3-4-5-8-16-10-6-7-13-11(9-10)12(14)15/h6-7,9H,2-5,8H2,1H3,(H,14,15). The van der Waals surface area contributed by atoms with Gasteiger partial charge in [-0.1, -0.05) is 26.2 Å². The summed E-state index contributed by atoms with van der Waals surface area (Å²) in [5, 5.41) is 8.73. The van der Waals surface area contributed by atoms with E-state index in [-0.39, 0.29) is 5.69 Å². The highest BCUT2D eigenvalue weighted by Crippen LogP contribution is 2.11. The van der Waals surface area contributed by atoms with Crippen LogP contribution in [0.1, 0.15) is 43.1 Å². The molecule has 1 aromatic heterocycles. The van der Waals surface area contributed by atoms with Gasteiger partial charge in [-0.25, -0.2) is 9.78 Å². The molecule has 0 spiro atoms. The van der Waals surface area contributed by atoms with Gasteiger partial charge in [-0.2, -0.15) is 0 Å². The Morgan fingerprint density at radius 1 is 1.44 bits per heavy atom. The molecule has 1 aromatic rings. The van der Waals surface area contributed by atoms with Crippen LogP contribution in [0.25, 0.3) is 0 Å². The van der Waals surface area contributed by atoms with Gasteiger partial charge in [-0.3, -0.25) is 0 Å². The van der Waals surface area contributed by atoms with E-state index in [9.17, 15) is 4.79 Å². The highest BCUT2D eigenvalue weighted by atomic mass is 16.5. The fraction of sp³-hybridized carbons (Fsp3) is 0.500. The summed E-state index contributed by atoms with van der Waals surface area (Å²) in [4.78, 5) is 14.4. The van der Waals surface area contributed by atoms with Crippen LogP contribution < -0.4 is 4.74 Å². The van der Waals surface area contributed by atoms with E-state index in [1.807, 2.05) is 0 Å². The lowest BCUT2D eigenvalue weighted by Gasteiger charge is -2.05. The Kier molecular flexibility index (Phi) is 5.32. The molecule has 0 aromatic carbocycles. The number of hydrogen-bond acceptors (Lipinski definition) is 3. The maximum atomic E-state index is 10.7. The first-order valence-electron chi connectivity index (χ1n) is 5.56. The third-order valence-electron chi connectivity index (χ3n) is 2.22. The van der Waals surface area contributed by atoms with Crippen LogP contribution in [-0.4, -0.2) is 22.7 Å². The molecule has 0 saturated heterocycles. The summed E-state index contributed by atoms with van der Waals surface area (Å²) < 4.78 is 5.44. The van der Waals surface area contributed by atoms with Crippen LogP contribution in [0.5, 0.6) is 5.75 Å². The van der Waals surface area contributed by atoms with E-state index >= 15 is 0 Å². The smallest absolute Gasteiger partial charge is 0.354 e. The second kappa shape index (κ2) is 6.82. The van der Waals surface area contributed by atoms with E-state index in [1.165, 1.54) is 25.1 Å². The van der Waals surface area contributed by atoms with Crippen LogP contribution in [0.3, 0.4) is 0 Å². The van der Waals surface area contributed by atoms with Gasteiger partial charge in [0.15, 0.2) is 5.69 Å². The minimum Gasteiger partial charge on any atom is -0.493 e. The quantitative estimate of drug-likeness (QED) is 0.722. The molecular formula is C12H17NO3. The summed E-state index contributed by atoms with van der Waals surface area (Å²) >= 11 is 0. The molecule has 1 N–H and O–H groups in total. The molecule has 0 aliphatic rings. The van der Waals surface area contributed by atoms with Crippen LogP contribution in [0.15, 0.2) is 18.3 Å². The highest BCUT2D eigenvalue weighted by Gasteiger charge is 2.05. The zero-order valence-electron chi connectivity index (χ0n) is 9.48. The molecule has 16 heavy (non-hydrogen) atoms. The monoisotopic (exact) mass is 223 g/mol. The van der Waals surface area contributed by atoms with Gasteiger partial charge in [0.1, 0.15) is 5.75 Å². The molecule has 0 radical (unpaired) electrons. The molecule has 0 aliphatic carbocycles. The lowest BCUT2D eigenvalue weighted by atomic mass is 10.2. The Labute approximate surface area is 95.3 Å². The number of ether oxygens (including phenoxy) is 1. The molecule has 0 atom stereocenters. The van der Waals surface area contributed by atoms with Gasteiger partial charge in [-0.05, 0) is 12.5 Å². The van der Waals surface area contributed by atoms with Crippen molar-refractivity contribution in [1.29, 1.82) is 0 Å². The van der Waals surface area contributed by atoms with Crippen molar-refractivity contribution in [3.63, 3.8) is 0 Å². The zero-order chi connectivity index (χ0) is 11.8. The van der Waals surface area contributed by atoms with Crippen molar-refractivity contribution in [2.75, 3.05) is 6.61 Å². The minimum absolute atomic E-state index is 0.0195. The number of carbonyl (C=O) groups is 1. The molecule has 1 heterocycles.